The van der Waals surface area contributed by atoms with Gasteiger partial charge in [-0.15, -0.1) is 12.4 Å². The summed E-state index contributed by atoms with van der Waals surface area (Å²) in [7, 11) is 0. The van der Waals surface area contributed by atoms with E-state index in [1.807, 2.05) is 30.3 Å². The van der Waals surface area contributed by atoms with E-state index >= 15 is 0 Å². The molecule has 1 aliphatic carbocycles. The molecule has 1 aromatic heterocycles. The fourth-order valence-corrected chi connectivity index (χ4v) is 2.62. The van der Waals surface area contributed by atoms with E-state index in [4.69, 9.17) is 5.73 Å². The zero-order valence-electron chi connectivity index (χ0n) is 12.2. The Bertz CT molecular complexity index is 624. The molecule has 0 spiro atoms. The Balaban J connectivity index is 0.00000176. The number of hydrogen-bond donors (Lipinski definition) is 2. The van der Waals surface area contributed by atoms with E-state index in [1.54, 1.807) is 12.4 Å². The van der Waals surface area contributed by atoms with Gasteiger partial charge in [-0.1, -0.05) is 43.2 Å². The number of rotatable bonds is 3. The third-order valence-corrected chi connectivity index (χ3v) is 3.89. The lowest BCUT2D eigenvalue weighted by atomic mass is 9.98. The Morgan fingerprint density at radius 1 is 1.09 bits per heavy atom. The Morgan fingerprint density at radius 2 is 1.68 bits per heavy atom. The van der Waals surface area contributed by atoms with E-state index < -0.39 is 5.54 Å². The number of carbonyl (C=O) groups is 1. The van der Waals surface area contributed by atoms with E-state index in [2.05, 4.69) is 15.3 Å². The number of hydrogen-bond acceptors (Lipinski definition) is 4. The average Bonchev–Trinajstić information content (AvgIpc) is 2.97. The van der Waals surface area contributed by atoms with Gasteiger partial charge in [0.1, 0.15) is 0 Å². The maximum atomic E-state index is 12.2. The van der Waals surface area contributed by atoms with Gasteiger partial charge in [-0.3, -0.25) is 4.79 Å². The van der Waals surface area contributed by atoms with E-state index in [-0.39, 0.29) is 18.3 Å². The van der Waals surface area contributed by atoms with Crippen LogP contribution in [-0.4, -0.2) is 21.4 Å². The Kier molecular flexibility index (Phi) is 5.11. The minimum atomic E-state index is -0.738. The highest BCUT2D eigenvalue weighted by Gasteiger charge is 2.37. The number of aromatic nitrogens is 2. The zero-order chi connectivity index (χ0) is 14.7. The third kappa shape index (κ3) is 3.43. The van der Waals surface area contributed by atoms with Gasteiger partial charge < -0.3 is 11.1 Å². The average molecular weight is 319 g/mol. The van der Waals surface area contributed by atoms with Crippen LogP contribution in [0.15, 0.2) is 42.7 Å². The molecule has 1 amide bonds. The third-order valence-electron chi connectivity index (χ3n) is 3.89. The van der Waals surface area contributed by atoms with Gasteiger partial charge in [0.15, 0.2) is 5.82 Å². The van der Waals surface area contributed by atoms with Crippen molar-refractivity contribution in [2.75, 3.05) is 5.32 Å². The van der Waals surface area contributed by atoms with Gasteiger partial charge >= 0.3 is 0 Å². The normalized spacial score (nSPS) is 15.9. The number of amides is 1. The Hall–Kier alpha value is -1.98. The van der Waals surface area contributed by atoms with Gasteiger partial charge in [-0.2, -0.15) is 0 Å². The standard InChI is InChI=1S/C16H18N4O.ClH/c17-16(8-4-5-9-16)15(21)20-13-10-18-14(19-11-13)12-6-2-1-3-7-12;/h1-3,6-7,10-11H,4-5,8-9,17H2,(H,20,21);1H. The van der Waals surface area contributed by atoms with Gasteiger partial charge in [0.05, 0.1) is 23.6 Å². The lowest BCUT2D eigenvalue weighted by Crippen LogP contribution is -2.48. The molecule has 116 valence electrons. The summed E-state index contributed by atoms with van der Waals surface area (Å²) in [6, 6.07) is 9.71. The fourth-order valence-electron chi connectivity index (χ4n) is 2.62. The minimum absolute atomic E-state index is 0. The summed E-state index contributed by atoms with van der Waals surface area (Å²) < 4.78 is 0. The fraction of sp³-hybridized carbons (Fsp3) is 0.312. The van der Waals surface area contributed by atoms with Crippen LogP contribution in [0.1, 0.15) is 25.7 Å². The van der Waals surface area contributed by atoms with Crippen molar-refractivity contribution in [1.29, 1.82) is 0 Å². The van der Waals surface area contributed by atoms with E-state index in [0.717, 1.165) is 31.2 Å². The minimum Gasteiger partial charge on any atom is -0.322 e. The van der Waals surface area contributed by atoms with Crippen molar-refractivity contribution in [2.45, 2.75) is 31.2 Å². The number of anilines is 1. The van der Waals surface area contributed by atoms with Crippen molar-refractivity contribution in [1.82, 2.24) is 9.97 Å². The molecule has 1 aromatic carbocycles. The predicted molar refractivity (Wildman–Crippen MR) is 88.7 cm³/mol. The predicted octanol–water partition coefficient (Wildman–Crippen LogP) is 2.78. The number of nitrogens with zero attached hydrogens (tertiary/aromatic N) is 2. The van der Waals surface area contributed by atoms with Crippen LogP contribution in [0.4, 0.5) is 5.69 Å². The molecule has 2 aromatic rings. The smallest absolute Gasteiger partial charge is 0.244 e. The van der Waals surface area contributed by atoms with Crippen LogP contribution < -0.4 is 11.1 Å². The summed E-state index contributed by atoms with van der Waals surface area (Å²) in [5.74, 6) is 0.494. The molecule has 6 heteroatoms. The second kappa shape index (κ2) is 6.85. The van der Waals surface area contributed by atoms with Gasteiger partial charge in [-0.25, -0.2) is 9.97 Å². The van der Waals surface area contributed by atoms with Crippen LogP contribution >= 0.6 is 12.4 Å². The molecule has 3 rings (SSSR count). The van der Waals surface area contributed by atoms with Crippen LogP contribution in [0.25, 0.3) is 11.4 Å². The monoisotopic (exact) mass is 318 g/mol. The molecule has 0 unspecified atom stereocenters. The molecule has 1 saturated carbocycles. The van der Waals surface area contributed by atoms with Crippen molar-refractivity contribution in [3.8, 4) is 11.4 Å². The first kappa shape index (κ1) is 16.4. The Labute approximate surface area is 135 Å². The highest BCUT2D eigenvalue weighted by molar-refractivity contribution is 5.98. The first-order valence-electron chi connectivity index (χ1n) is 7.15. The van der Waals surface area contributed by atoms with Crippen LogP contribution in [0.2, 0.25) is 0 Å². The number of nitrogens with one attached hydrogen (secondary N) is 1. The lowest BCUT2D eigenvalue weighted by Gasteiger charge is -2.21. The van der Waals surface area contributed by atoms with Gasteiger partial charge in [0.25, 0.3) is 0 Å². The van der Waals surface area contributed by atoms with Crippen molar-refractivity contribution >= 4 is 24.0 Å². The number of nitrogens with two attached hydrogens (primary N) is 1. The first-order valence-corrected chi connectivity index (χ1v) is 7.15. The highest BCUT2D eigenvalue weighted by Crippen LogP contribution is 2.28. The maximum Gasteiger partial charge on any atom is 0.244 e. The molecule has 5 nitrogen and oxygen atoms in total. The number of carbonyl (C=O) groups excluding carboxylic acids is 1. The first-order chi connectivity index (χ1) is 10.2. The molecule has 0 aliphatic heterocycles. The second-order valence-electron chi connectivity index (χ2n) is 5.48. The molecule has 0 bridgehead atoms. The molecule has 22 heavy (non-hydrogen) atoms. The molecular weight excluding hydrogens is 300 g/mol. The number of halogens is 1. The summed E-state index contributed by atoms with van der Waals surface area (Å²) in [6.07, 6.45) is 6.72. The van der Waals surface area contributed by atoms with Crippen molar-refractivity contribution in [2.24, 2.45) is 5.73 Å². The highest BCUT2D eigenvalue weighted by atomic mass is 35.5. The lowest BCUT2D eigenvalue weighted by molar-refractivity contribution is -0.121. The molecule has 3 N–H and O–H groups in total. The summed E-state index contributed by atoms with van der Waals surface area (Å²) in [5, 5.41) is 2.81. The molecule has 1 aliphatic rings. The molecule has 0 atom stereocenters. The number of benzene rings is 1. The van der Waals surface area contributed by atoms with Crippen LogP contribution in [0, 0.1) is 0 Å². The van der Waals surface area contributed by atoms with E-state index in [0.29, 0.717) is 11.5 Å². The Morgan fingerprint density at radius 3 is 2.27 bits per heavy atom. The molecule has 0 saturated heterocycles. The molecule has 1 fully saturated rings. The SMILES string of the molecule is Cl.NC1(C(=O)Nc2cnc(-c3ccccc3)nc2)CCCC1. The molecular formula is C16H19ClN4O. The van der Waals surface area contributed by atoms with Crippen LogP contribution in [0.3, 0.4) is 0 Å². The van der Waals surface area contributed by atoms with E-state index in [1.165, 1.54) is 0 Å². The largest absolute Gasteiger partial charge is 0.322 e. The van der Waals surface area contributed by atoms with Gasteiger partial charge in [0.2, 0.25) is 5.91 Å². The summed E-state index contributed by atoms with van der Waals surface area (Å²) in [6.45, 7) is 0. The summed E-state index contributed by atoms with van der Waals surface area (Å²) in [4.78, 5) is 20.8. The molecule has 0 radical (unpaired) electrons. The topological polar surface area (TPSA) is 80.9 Å². The van der Waals surface area contributed by atoms with E-state index in [9.17, 15) is 4.79 Å². The van der Waals surface area contributed by atoms with Crippen LogP contribution in [-0.2, 0) is 4.79 Å². The quantitative estimate of drug-likeness (QED) is 0.911. The van der Waals surface area contributed by atoms with Crippen molar-refractivity contribution in [3.63, 3.8) is 0 Å². The second-order valence-corrected chi connectivity index (χ2v) is 5.48. The summed E-state index contributed by atoms with van der Waals surface area (Å²) in [5.41, 5.74) is 6.91. The van der Waals surface area contributed by atoms with Crippen molar-refractivity contribution in [3.05, 3.63) is 42.7 Å². The van der Waals surface area contributed by atoms with Crippen molar-refractivity contribution < 1.29 is 4.79 Å². The summed E-state index contributed by atoms with van der Waals surface area (Å²) >= 11 is 0. The van der Waals surface area contributed by atoms with Gasteiger partial charge in [0, 0.05) is 5.56 Å². The van der Waals surface area contributed by atoms with Gasteiger partial charge in [-0.05, 0) is 12.8 Å². The zero-order valence-corrected chi connectivity index (χ0v) is 13.0. The molecule has 1 heterocycles. The van der Waals surface area contributed by atoms with Crippen LogP contribution in [0.5, 0.6) is 0 Å². The maximum absolute atomic E-state index is 12.2.